The van der Waals surface area contributed by atoms with Gasteiger partial charge in [0.15, 0.2) is 5.76 Å². The third kappa shape index (κ3) is 1.40. The van der Waals surface area contributed by atoms with E-state index in [9.17, 15) is 4.79 Å². The molecule has 2 aromatic heterocycles. The van der Waals surface area contributed by atoms with E-state index in [-0.39, 0.29) is 0 Å². The molecule has 2 heterocycles. The lowest BCUT2D eigenvalue weighted by atomic mass is 10.3. The summed E-state index contributed by atoms with van der Waals surface area (Å²) >= 11 is 0. The van der Waals surface area contributed by atoms with Gasteiger partial charge in [-0.15, -0.1) is 0 Å². The van der Waals surface area contributed by atoms with Gasteiger partial charge >= 0.3 is 5.76 Å². The monoisotopic (exact) mass is 206 g/mol. The lowest BCUT2D eigenvalue weighted by Crippen LogP contribution is -1.94. The summed E-state index contributed by atoms with van der Waals surface area (Å²) in [4.78, 5) is 13.2. The average molecular weight is 206 g/mol. The predicted molar refractivity (Wildman–Crippen MR) is 51.3 cm³/mol. The number of furan rings is 1. The molecule has 1 fully saturated rings. The maximum absolute atomic E-state index is 10.7. The van der Waals surface area contributed by atoms with Crippen LogP contribution in [0.5, 0.6) is 0 Å². The van der Waals surface area contributed by atoms with Crippen LogP contribution in [0.2, 0.25) is 0 Å². The van der Waals surface area contributed by atoms with E-state index < -0.39 is 5.76 Å². The fraction of sp³-hybridized carbons (Fsp3) is 0.400. The zero-order valence-electron chi connectivity index (χ0n) is 8.19. The van der Waals surface area contributed by atoms with E-state index in [0.717, 1.165) is 5.76 Å². The molecule has 5 heteroatoms. The van der Waals surface area contributed by atoms with E-state index in [2.05, 4.69) is 21.6 Å². The van der Waals surface area contributed by atoms with Crippen molar-refractivity contribution in [3.8, 4) is 11.6 Å². The third-order valence-corrected chi connectivity index (χ3v) is 2.78. The molecule has 1 saturated carbocycles. The molecule has 2 aromatic rings. The first-order valence-electron chi connectivity index (χ1n) is 4.90. The van der Waals surface area contributed by atoms with Gasteiger partial charge in [-0.2, -0.15) is 0 Å². The number of nitrogens with one attached hydrogen (secondary N) is 1. The summed E-state index contributed by atoms with van der Waals surface area (Å²) in [5, 5.41) is 3.56. The Labute approximate surface area is 85.1 Å². The molecule has 78 valence electrons. The van der Waals surface area contributed by atoms with Crippen LogP contribution in [-0.2, 0) is 0 Å². The van der Waals surface area contributed by atoms with Gasteiger partial charge in [0.1, 0.15) is 5.76 Å². The van der Waals surface area contributed by atoms with Crippen LogP contribution in [0.25, 0.3) is 11.6 Å². The highest BCUT2D eigenvalue weighted by molar-refractivity contribution is 5.46. The van der Waals surface area contributed by atoms with Crippen molar-refractivity contribution in [1.29, 1.82) is 0 Å². The number of nitrogens with zero attached hydrogens (tertiary/aromatic N) is 1. The molecule has 0 radical (unpaired) electrons. The van der Waals surface area contributed by atoms with Gasteiger partial charge in [-0.1, -0.05) is 12.1 Å². The fourth-order valence-corrected chi connectivity index (χ4v) is 1.73. The lowest BCUT2D eigenvalue weighted by molar-refractivity contribution is 0.386. The van der Waals surface area contributed by atoms with Crippen LogP contribution in [0.4, 0.5) is 0 Å². The fourth-order valence-electron chi connectivity index (χ4n) is 1.73. The standard InChI is InChI=1S/C10H10N2O3/c1-5-4-6(5)7-2-3-8(14-7)9-11-10(13)15-12-9/h2-3,5-6H,4H2,1H3,(H,11,12,13). The Bertz CT molecular complexity index is 537. The largest absolute Gasteiger partial charge is 0.457 e. The Kier molecular flexibility index (Phi) is 1.62. The van der Waals surface area contributed by atoms with Gasteiger partial charge in [0.2, 0.25) is 5.82 Å². The molecule has 0 amide bonds. The van der Waals surface area contributed by atoms with E-state index in [1.165, 1.54) is 6.42 Å². The highest BCUT2D eigenvalue weighted by atomic mass is 16.5. The lowest BCUT2D eigenvalue weighted by Gasteiger charge is -1.90. The van der Waals surface area contributed by atoms with Gasteiger partial charge in [-0.3, -0.25) is 9.51 Å². The van der Waals surface area contributed by atoms with Gasteiger partial charge in [0.05, 0.1) is 0 Å². The van der Waals surface area contributed by atoms with E-state index in [1.807, 2.05) is 6.07 Å². The summed E-state index contributed by atoms with van der Waals surface area (Å²) in [5.41, 5.74) is 0. The highest BCUT2D eigenvalue weighted by Crippen LogP contribution is 2.47. The number of H-pyrrole nitrogens is 1. The molecule has 15 heavy (non-hydrogen) atoms. The van der Waals surface area contributed by atoms with Gasteiger partial charge in [-0.25, -0.2) is 4.79 Å². The number of aromatic nitrogens is 2. The number of aromatic amines is 1. The second-order valence-electron chi connectivity index (χ2n) is 3.97. The second kappa shape index (κ2) is 2.85. The van der Waals surface area contributed by atoms with Crippen LogP contribution in [0, 0.1) is 5.92 Å². The van der Waals surface area contributed by atoms with Crippen LogP contribution < -0.4 is 5.76 Å². The molecule has 5 nitrogen and oxygen atoms in total. The molecule has 2 atom stereocenters. The van der Waals surface area contributed by atoms with Crippen molar-refractivity contribution in [3.63, 3.8) is 0 Å². The number of hydrogen-bond donors (Lipinski definition) is 1. The first kappa shape index (κ1) is 8.52. The molecule has 1 aliphatic rings. The normalized spacial score (nSPS) is 24.3. The summed E-state index contributed by atoms with van der Waals surface area (Å²) in [5.74, 6) is 2.51. The van der Waals surface area contributed by atoms with E-state index in [4.69, 9.17) is 4.42 Å². The van der Waals surface area contributed by atoms with E-state index in [0.29, 0.717) is 23.4 Å². The van der Waals surface area contributed by atoms with Gasteiger partial charge in [0, 0.05) is 5.92 Å². The van der Waals surface area contributed by atoms with Gasteiger partial charge < -0.3 is 4.42 Å². The molecule has 3 rings (SSSR count). The Morgan fingerprint density at radius 1 is 1.53 bits per heavy atom. The molecule has 0 aromatic carbocycles. The predicted octanol–water partition coefficient (Wildman–Crippen LogP) is 1.75. The first-order valence-corrected chi connectivity index (χ1v) is 4.90. The van der Waals surface area contributed by atoms with Crippen molar-refractivity contribution < 1.29 is 8.94 Å². The van der Waals surface area contributed by atoms with Crippen LogP contribution >= 0.6 is 0 Å². The Morgan fingerprint density at radius 3 is 2.93 bits per heavy atom. The van der Waals surface area contributed by atoms with Crippen molar-refractivity contribution in [2.45, 2.75) is 19.3 Å². The topological polar surface area (TPSA) is 72.0 Å². The SMILES string of the molecule is CC1CC1c1ccc(-c2noc(=O)[nH]2)o1. The first-order chi connectivity index (χ1) is 7.24. The Morgan fingerprint density at radius 2 is 2.33 bits per heavy atom. The van der Waals surface area contributed by atoms with Gasteiger partial charge in [0.25, 0.3) is 0 Å². The van der Waals surface area contributed by atoms with Gasteiger partial charge in [-0.05, 0) is 24.5 Å². The molecule has 0 aliphatic heterocycles. The molecule has 1 N–H and O–H groups in total. The maximum atomic E-state index is 10.7. The van der Waals surface area contributed by atoms with Crippen molar-refractivity contribution >= 4 is 0 Å². The summed E-state index contributed by atoms with van der Waals surface area (Å²) in [6.07, 6.45) is 1.17. The van der Waals surface area contributed by atoms with Crippen molar-refractivity contribution in [1.82, 2.24) is 10.1 Å². The van der Waals surface area contributed by atoms with E-state index >= 15 is 0 Å². The summed E-state index contributed by atoms with van der Waals surface area (Å²) in [6.45, 7) is 2.19. The maximum Gasteiger partial charge on any atom is 0.439 e. The average Bonchev–Trinajstić information content (AvgIpc) is 2.71. The van der Waals surface area contributed by atoms with Crippen LogP contribution in [0.1, 0.15) is 25.0 Å². The van der Waals surface area contributed by atoms with Crippen LogP contribution in [0.15, 0.2) is 25.9 Å². The van der Waals surface area contributed by atoms with Crippen molar-refractivity contribution in [3.05, 3.63) is 28.4 Å². The Hall–Kier alpha value is -1.78. The minimum absolute atomic E-state index is 0.347. The molecule has 0 spiro atoms. The third-order valence-electron chi connectivity index (χ3n) is 2.78. The quantitative estimate of drug-likeness (QED) is 0.812. The second-order valence-corrected chi connectivity index (χ2v) is 3.97. The van der Waals surface area contributed by atoms with Crippen molar-refractivity contribution in [2.24, 2.45) is 5.92 Å². The van der Waals surface area contributed by atoms with Crippen molar-refractivity contribution in [2.75, 3.05) is 0 Å². The summed E-state index contributed by atoms with van der Waals surface area (Å²) in [6, 6.07) is 3.73. The Balaban J connectivity index is 1.93. The minimum atomic E-state index is -0.567. The summed E-state index contributed by atoms with van der Waals surface area (Å²) in [7, 11) is 0. The molecule has 0 saturated heterocycles. The summed E-state index contributed by atoms with van der Waals surface area (Å²) < 4.78 is 9.99. The molecule has 0 bridgehead atoms. The zero-order valence-corrected chi connectivity index (χ0v) is 8.19. The number of rotatable bonds is 2. The zero-order chi connectivity index (χ0) is 10.4. The molecular weight excluding hydrogens is 196 g/mol. The molecule has 2 unspecified atom stereocenters. The van der Waals surface area contributed by atoms with E-state index in [1.54, 1.807) is 6.07 Å². The smallest absolute Gasteiger partial charge is 0.439 e. The molecule has 1 aliphatic carbocycles. The molecular formula is C10H10N2O3. The van der Waals surface area contributed by atoms with Crippen LogP contribution in [-0.4, -0.2) is 10.1 Å². The van der Waals surface area contributed by atoms with Crippen LogP contribution in [0.3, 0.4) is 0 Å². The highest BCUT2D eigenvalue weighted by Gasteiger charge is 2.36. The minimum Gasteiger partial charge on any atom is -0.457 e. The number of hydrogen-bond acceptors (Lipinski definition) is 4.